The molecule has 1 aromatic rings. The average molecular weight is 199 g/mol. The number of nitrogens with two attached hydrogens (primary N) is 1. The van der Waals surface area contributed by atoms with E-state index in [0.29, 0.717) is 5.56 Å². The van der Waals surface area contributed by atoms with Crippen LogP contribution in [0.1, 0.15) is 17.5 Å². The number of hydrogen-bond donors (Lipinski definition) is 1. The lowest BCUT2D eigenvalue weighted by atomic mass is 10.0. The lowest BCUT2D eigenvalue weighted by Gasteiger charge is -2.15. The van der Waals surface area contributed by atoms with Crippen molar-refractivity contribution in [2.24, 2.45) is 5.73 Å². The van der Waals surface area contributed by atoms with Gasteiger partial charge in [-0.1, -0.05) is 29.8 Å². The van der Waals surface area contributed by atoms with Crippen LogP contribution < -0.4 is 5.73 Å². The average Bonchev–Trinajstić information content (AvgIpc) is 2.02. The first-order valence-corrected chi connectivity index (χ1v) is 4.67. The SMILES string of the molecule is Cc1cccc(CC(F)(F)CCN)c1. The second-order valence-electron chi connectivity index (χ2n) is 3.56. The highest BCUT2D eigenvalue weighted by molar-refractivity contribution is 5.23. The molecule has 0 spiro atoms. The fourth-order valence-electron chi connectivity index (χ4n) is 1.42. The number of aryl methyl sites for hydroxylation is 1. The molecule has 0 fully saturated rings. The summed E-state index contributed by atoms with van der Waals surface area (Å²) >= 11 is 0. The minimum atomic E-state index is -2.68. The first kappa shape index (κ1) is 11.1. The number of halogens is 2. The number of hydrogen-bond acceptors (Lipinski definition) is 1. The first-order valence-electron chi connectivity index (χ1n) is 4.67. The molecule has 0 aliphatic carbocycles. The van der Waals surface area contributed by atoms with Crippen molar-refractivity contribution in [3.63, 3.8) is 0 Å². The molecule has 1 rings (SSSR count). The van der Waals surface area contributed by atoms with Gasteiger partial charge in [-0.25, -0.2) is 8.78 Å². The quantitative estimate of drug-likeness (QED) is 0.792. The normalized spacial score (nSPS) is 11.7. The molecule has 0 saturated carbocycles. The highest BCUT2D eigenvalue weighted by Crippen LogP contribution is 2.23. The van der Waals surface area contributed by atoms with Gasteiger partial charge in [-0.3, -0.25) is 0 Å². The summed E-state index contributed by atoms with van der Waals surface area (Å²) < 4.78 is 26.3. The molecule has 0 heterocycles. The standard InChI is InChI=1S/C11H15F2N/c1-9-3-2-4-10(7-9)8-11(12,13)5-6-14/h2-4,7H,5-6,8,14H2,1H3. The van der Waals surface area contributed by atoms with Crippen molar-refractivity contribution in [1.82, 2.24) is 0 Å². The lowest BCUT2D eigenvalue weighted by Crippen LogP contribution is -2.23. The van der Waals surface area contributed by atoms with Crippen LogP contribution in [0.15, 0.2) is 24.3 Å². The molecule has 3 heteroatoms. The van der Waals surface area contributed by atoms with E-state index in [1.54, 1.807) is 18.2 Å². The fraction of sp³-hybridized carbons (Fsp3) is 0.455. The number of alkyl halides is 2. The maximum absolute atomic E-state index is 13.2. The van der Waals surface area contributed by atoms with Gasteiger partial charge >= 0.3 is 0 Å². The van der Waals surface area contributed by atoms with Crippen molar-refractivity contribution in [3.8, 4) is 0 Å². The van der Waals surface area contributed by atoms with Crippen LogP contribution in [0, 0.1) is 6.92 Å². The van der Waals surface area contributed by atoms with Gasteiger partial charge in [-0.05, 0) is 19.0 Å². The molecular formula is C11H15F2N. The zero-order valence-corrected chi connectivity index (χ0v) is 8.26. The molecule has 0 unspecified atom stereocenters. The third-order valence-corrected chi connectivity index (χ3v) is 2.06. The van der Waals surface area contributed by atoms with Gasteiger partial charge in [0.25, 0.3) is 5.92 Å². The fourth-order valence-corrected chi connectivity index (χ4v) is 1.42. The van der Waals surface area contributed by atoms with Crippen molar-refractivity contribution >= 4 is 0 Å². The Morgan fingerprint density at radius 3 is 2.64 bits per heavy atom. The molecule has 0 aromatic heterocycles. The molecule has 0 atom stereocenters. The number of benzene rings is 1. The largest absolute Gasteiger partial charge is 0.330 e. The van der Waals surface area contributed by atoms with E-state index in [9.17, 15) is 8.78 Å². The van der Waals surface area contributed by atoms with Crippen LogP contribution >= 0.6 is 0 Å². The van der Waals surface area contributed by atoms with Gasteiger partial charge in [0, 0.05) is 12.8 Å². The highest BCUT2D eigenvalue weighted by Gasteiger charge is 2.27. The molecule has 1 nitrogen and oxygen atoms in total. The van der Waals surface area contributed by atoms with Crippen LogP contribution in [0.3, 0.4) is 0 Å². The Hall–Kier alpha value is -0.960. The van der Waals surface area contributed by atoms with Gasteiger partial charge in [0.2, 0.25) is 0 Å². The summed E-state index contributed by atoms with van der Waals surface area (Å²) in [5, 5.41) is 0. The molecule has 0 aliphatic rings. The van der Waals surface area contributed by atoms with E-state index >= 15 is 0 Å². The Balaban J connectivity index is 2.68. The molecule has 2 N–H and O–H groups in total. The minimum absolute atomic E-state index is 0.0266. The van der Waals surface area contributed by atoms with Gasteiger partial charge < -0.3 is 5.73 Å². The van der Waals surface area contributed by atoms with Crippen LogP contribution in [-0.4, -0.2) is 12.5 Å². The molecule has 0 aliphatic heterocycles. The smallest absolute Gasteiger partial charge is 0.253 e. The third kappa shape index (κ3) is 3.42. The predicted molar refractivity (Wildman–Crippen MR) is 53.5 cm³/mol. The summed E-state index contributed by atoms with van der Waals surface area (Å²) in [4.78, 5) is 0. The minimum Gasteiger partial charge on any atom is -0.330 e. The maximum atomic E-state index is 13.2. The highest BCUT2D eigenvalue weighted by atomic mass is 19.3. The monoisotopic (exact) mass is 199 g/mol. The van der Waals surface area contributed by atoms with Gasteiger partial charge in [0.15, 0.2) is 0 Å². The van der Waals surface area contributed by atoms with Crippen LogP contribution in [0.2, 0.25) is 0 Å². The van der Waals surface area contributed by atoms with E-state index in [4.69, 9.17) is 5.73 Å². The molecule has 0 bridgehead atoms. The summed E-state index contributed by atoms with van der Waals surface area (Å²) in [5.74, 6) is -2.68. The molecule has 0 amide bonds. The zero-order chi connectivity index (χ0) is 10.6. The van der Waals surface area contributed by atoms with E-state index < -0.39 is 5.92 Å². The van der Waals surface area contributed by atoms with Crippen molar-refractivity contribution in [3.05, 3.63) is 35.4 Å². The first-order chi connectivity index (χ1) is 6.53. The van der Waals surface area contributed by atoms with Crippen LogP contribution in [0.5, 0.6) is 0 Å². The third-order valence-electron chi connectivity index (χ3n) is 2.06. The topological polar surface area (TPSA) is 26.0 Å². The predicted octanol–water partition coefficient (Wildman–Crippen LogP) is 2.52. The van der Waals surface area contributed by atoms with Crippen molar-refractivity contribution in [1.29, 1.82) is 0 Å². The van der Waals surface area contributed by atoms with Crippen molar-refractivity contribution in [2.45, 2.75) is 25.7 Å². The number of rotatable bonds is 4. The molecule has 0 radical (unpaired) electrons. The summed E-state index contributed by atoms with van der Waals surface area (Å²) in [6.45, 7) is 1.92. The Kier molecular flexibility index (Phi) is 3.58. The summed E-state index contributed by atoms with van der Waals surface area (Å²) in [6.07, 6.45) is -0.465. The molecule has 14 heavy (non-hydrogen) atoms. The summed E-state index contributed by atoms with van der Waals surface area (Å²) in [7, 11) is 0. The van der Waals surface area contributed by atoms with E-state index in [1.807, 2.05) is 13.0 Å². The molecular weight excluding hydrogens is 184 g/mol. The van der Waals surface area contributed by atoms with E-state index in [1.165, 1.54) is 0 Å². The van der Waals surface area contributed by atoms with Crippen LogP contribution in [-0.2, 0) is 6.42 Å². The van der Waals surface area contributed by atoms with E-state index in [2.05, 4.69) is 0 Å². The molecule has 0 saturated heterocycles. The Labute approximate surface area is 82.9 Å². The van der Waals surface area contributed by atoms with E-state index in [-0.39, 0.29) is 19.4 Å². The van der Waals surface area contributed by atoms with Crippen molar-refractivity contribution < 1.29 is 8.78 Å². The maximum Gasteiger partial charge on any atom is 0.253 e. The van der Waals surface area contributed by atoms with Gasteiger partial charge in [-0.2, -0.15) is 0 Å². The second kappa shape index (κ2) is 4.51. The van der Waals surface area contributed by atoms with E-state index in [0.717, 1.165) is 5.56 Å². The van der Waals surface area contributed by atoms with Gasteiger partial charge in [0.05, 0.1) is 0 Å². The van der Waals surface area contributed by atoms with Gasteiger partial charge in [0.1, 0.15) is 0 Å². The Morgan fingerprint density at radius 2 is 2.07 bits per heavy atom. The summed E-state index contributed by atoms with van der Waals surface area (Å²) in [5.41, 5.74) is 6.79. The Bertz CT molecular complexity index is 297. The van der Waals surface area contributed by atoms with Crippen LogP contribution in [0.4, 0.5) is 8.78 Å². The van der Waals surface area contributed by atoms with Gasteiger partial charge in [-0.15, -0.1) is 0 Å². The summed E-state index contributed by atoms with van der Waals surface area (Å²) in [6, 6.07) is 7.19. The lowest BCUT2D eigenvalue weighted by molar-refractivity contribution is -0.00452. The molecule has 1 aromatic carbocycles. The van der Waals surface area contributed by atoms with Crippen molar-refractivity contribution in [2.75, 3.05) is 6.54 Å². The zero-order valence-electron chi connectivity index (χ0n) is 8.26. The molecule has 78 valence electrons. The second-order valence-corrected chi connectivity index (χ2v) is 3.56. The Morgan fingerprint density at radius 1 is 1.36 bits per heavy atom. The van der Waals surface area contributed by atoms with Crippen LogP contribution in [0.25, 0.3) is 0 Å².